The van der Waals surface area contributed by atoms with E-state index in [1.807, 2.05) is 43.1 Å². The Kier molecular flexibility index (Phi) is 8.06. The van der Waals surface area contributed by atoms with Crippen molar-refractivity contribution in [3.63, 3.8) is 0 Å². The molecule has 194 valence electrons. The predicted octanol–water partition coefficient (Wildman–Crippen LogP) is 1.49. The van der Waals surface area contributed by atoms with Gasteiger partial charge in [0.05, 0.1) is 6.67 Å². The second-order valence-corrected chi connectivity index (χ2v) is 9.84. The molecule has 11 nitrogen and oxygen atoms in total. The van der Waals surface area contributed by atoms with Gasteiger partial charge in [-0.25, -0.2) is 0 Å². The molecule has 12 heteroatoms. The third-order valence-corrected chi connectivity index (χ3v) is 7.15. The number of amides is 1. The Balaban J connectivity index is 1.33. The number of carbonyl (C=O) groups excluding carboxylic acids is 1. The lowest BCUT2D eigenvalue weighted by Gasteiger charge is -2.29. The van der Waals surface area contributed by atoms with Gasteiger partial charge in [-0.3, -0.25) is 15.4 Å². The average molecular weight is 515 g/mol. The number of thioether (sulfide) groups is 1. The van der Waals surface area contributed by atoms with Crippen molar-refractivity contribution in [1.82, 2.24) is 31.2 Å². The Labute approximate surface area is 215 Å². The number of rotatable bonds is 5. The van der Waals surface area contributed by atoms with Gasteiger partial charge < -0.3 is 40.6 Å². The summed E-state index contributed by atoms with van der Waals surface area (Å²) in [7, 11) is 1.81. The van der Waals surface area contributed by atoms with Crippen LogP contribution in [0.4, 0.5) is 11.5 Å². The molecule has 0 fully saturated rings. The van der Waals surface area contributed by atoms with Crippen molar-refractivity contribution in [2.24, 2.45) is 0 Å². The lowest BCUT2D eigenvalue weighted by atomic mass is 10.1. The van der Waals surface area contributed by atoms with Gasteiger partial charge in [-0.15, -0.1) is 0 Å². The first-order valence-corrected chi connectivity index (χ1v) is 13.2. The highest BCUT2D eigenvalue weighted by atomic mass is 32.2. The number of H-pyrrole nitrogens is 1. The minimum Gasteiger partial charge on any atom is -0.488 e. The fourth-order valence-corrected chi connectivity index (χ4v) is 5.03. The molecule has 1 aromatic carbocycles. The smallest absolute Gasteiger partial charge is 0.260 e. The van der Waals surface area contributed by atoms with Crippen molar-refractivity contribution >= 4 is 29.2 Å². The van der Waals surface area contributed by atoms with Crippen LogP contribution in [0.1, 0.15) is 23.7 Å². The van der Waals surface area contributed by atoms with Gasteiger partial charge in [-0.05, 0) is 36.1 Å². The summed E-state index contributed by atoms with van der Waals surface area (Å²) in [5, 5.41) is 22.5. The molecule has 4 heterocycles. The molecule has 2 bridgehead atoms. The summed E-state index contributed by atoms with van der Waals surface area (Å²) < 4.78 is 12.0. The molecule has 0 spiro atoms. The van der Waals surface area contributed by atoms with Crippen molar-refractivity contribution in [2.75, 3.05) is 57.2 Å². The molecular weight excluding hydrogens is 480 g/mol. The summed E-state index contributed by atoms with van der Waals surface area (Å²) in [6.07, 6.45) is 4.73. The maximum atomic E-state index is 12.7. The van der Waals surface area contributed by atoms with Crippen LogP contribution < -0.4 is 41.4 Å². The zero-order valence-electron chi connectivity index (χ0n) is 20.4. The largest absolute Gasteiger partial charge is 0.488 e. The number of carbonyl (C=O) groups is 1. The third kappa shape index (κ3) is 6.01. The molecule has 0 saturated heterocycles. The van der Waals surface area contributed by atoms with Crippen LogP contribution in [-0.4, -0.2) is 67.9 Å². The Bertz CT molecular complexity index is 1070. The van der Waals surface area contributed by atoms with Crippen LogP contribution in [0.15, 0.2) is 36.0 Å². The molecule has 2 aromatic rings. The number of fused-ring (bicyclic) bond motifs is 2. The van der Waals surface area contributed by atoms with Crippen LogP contribution >= 0.6 is 11.8 Å². The number of nitrogens with one attached hydrogen (secondary N) is 7. The van der Waals surface area contributed by atoms with Gasteiger partial charge in [0, 0.05) is 56.4 Å². The molecule has 7 N–H and O–H groups in total. The highest BCUT2D eigenvalue weighted by molar-refractivity contribution is 8.02. The molecule has 1 aromatic heterocycles. The Morgan fingerprint density at radius 2 is 2.28 bits per heavy atom. The van der Waals surface area contributed by atoms with E-state index >= 15 is 0 Å². The molecule has 0 saturated carbocycles. The van der Waals surface area contributed by atoms with Crippen LogP contribution in [-0.2, 0) is 11.3 Å². The van der Waals surface area contributed by atoms with Gasteiger partial charge in [0.25, 0.3) is 5.91 Å². The fraction of sp³-hybridized carbons (Fsp3) is 0.458. The quantitative estimate of drug-likeness (QED) is 0.295. The number of aromatic amines is 1. The second-order valence-electron chi connectivity index (χ2n) is 8.82. The number of hydrogen-bond acceptors (Lipinski definition) is 10. The lowest BCUT2D eigenvalue weighted by molar-refractivity contribution is -0.132. The van der Waals surface area contributed by atoms with Gasteiger partial charge in [0.15, 0.2) is 18.1 Å². The number of ether oxygens (including phenoxy) is 2. The van der Waals surface area contributed by atoms with Crippen LogP contribution in [0, 0.1) is 0 Å². The van der Waals surface area contributed by atoms with Gasteiger partial charge in [-0.1, -0.05) is 11.8 Å². The van der Waals surface area contributed by atoms with E-state index in [2.05, 4.69) is 36.9 Å². The van der Waals surface area contributed by atoms with Crippen LogP contribution in [0.3, 0.4) is 0 Å². The summed E-state index contributed by atoms with van der Waals surface area (Å²) in [4.78, 5) is 17.7. The number of benzene rings is 1. The zero-order chi connectivity index (χ0) is 24.7. The van der Waals surface area contributed by atoms with E-state index in [0.717, 1.165) is 36.6 Å². The van der Waals surface area contributed by atoms with Gasteiger partial charge in [0.1, 0.15) is 24.1 Å². The fourth-order valence-electron chi connectivity index (χ4n) is 4.34. The van der Waals surface area contributed by atoms with Crippen LogP contribution in [0.2, 0.25) is 0 Å². The highest BCUT2D eigenvalue weighted by Gasteiger charge is 2.25. The number of anilines is 2. The van der Waals surface area contributed by atoms with Crippen molar-refractivity contribution in [3.8, 4) is 11.5 Å². The van der Waals surface area contributed by atoms with Crippen molar-refractivity contribution in [2.45, 2.75) is 24.6 Å². The molecule has 5 rings (SSSR count). The Morgan fingerprint density at radius 3 is 3.17 bits per heavy atom. The van der Waals surface area contributed by atoms with Gasteiger partial charge in [0.2, 0.25) is 0 Å². The van der Waals surface area contributed by atoms with Crippen molar-refractivity contribution < 1.29 is 14.3 Å². The van der Waals surface area contributed by atoms with Crippen molar-refractivity contribution in [1.29, 1.82) is 0 Å². The number of hydrogen-bond donors (Lipinski definition) is 7. The first kappa shape index (κ1) is 24.6. The molecule has 2 atom stereocenters. The first-order chi connectivity index (χ1) is 17.7. The molecule has 0 aliphatic carbocycles. The highest BCUT2D eigenvalue weighted by Crippen LogP contribution is 2.34. The van der Waals surface area contributed by atoms with E-state index in [9.17, 15) is 4.79 Å². The molecule has 2 unspecified atom stereocenters. The summed E-state index contributed by atoms with van der Waals surface area (Å²) in [5.74, 6) is 2.09. The van der Waals surface area contributed by atoms with Gasteiger partial charge in [-0.2, -0.15) is 0 Å². The number of likely N-dealkylation sites (N-methyl/N-ethyl adjacent to an activating group) is 1. The Morgan fingerprint density at radius 1 is 1.33 bits per heavy atom. The Hall–Kier alpha value is -3.06. The molecule has 1 amide bonds. The zero-order valence-corrected chi connectivity index (χ0v) is 21.2. The maximum Gasteiger partial charge on any atom is 0.260 e. The number of aromatic nitrogens is 1. The summed E-state index contributed by atoms with van der Waals surface area (Å²) >= 11 is 1.68. The lowest BCUT2D eigenvalue weighted by Crippen LogP contribution is -2.37. The van der Waals surface area contributed by atoms with E-state index in [-0.39, 0.29) is 24.2 Å². The molecule has 3 aliphatic rings. The minimum absolute atomic E-state index is 0.0476. The second kappa shape index (κ2) is 11.8. The van der Waals surface area contributed by atoms with E-state index in [1.165, 1.54) is 5.56 Å². The molecule has 0 radical (unpaired) electrons. The van der Waals surface area contributed by atoms with Crippen LogP contribution in [0.25, 0.3) is 0 Å². The van der Waals surface area contributed by atoms with E-state index in [0.29, 0.717) is 37.9 Å². The molecule has 36 heavy (non-hydrogen) atoms. The average Bonchev–Trinajstić information content (AvgIpc) is 3.56. The van der Waals surface area contributed by atoms with Crippen molar-refractivity contribution in [3.05, 3.63) is 47.1 Å². The SMILES string of the molecule is CN1CCCNCc2c[nH]c3c2C(NCN3)Nc2ccc(OCCNC3NC=CS3)c(c2)OCC1=O. The predicted molar refractivity (Wildman–Crippen MR) is 142 cm³/mol. The monoisotopic (exact) mass is 514 g/mol. The summed E-state index contributed by atoms with van der Waals surface area (Å²) in [6, 6.07) is 5.76. The topological polar surface area (TPSA) is 127 Å². The third-order valence-electron chi connectivity index (χ3n) is 6.28. The first-order valence-electron chi connectivity index (χ1n) is 12.3. The van der Waals surface area contributed by atoms with Crippen LogP contribution in [0.5, 0.6) is 11.5 Å². The van der Waals surface area contributed by atoms with Gasteiger partial charge >= 0.3 is 0 Å². The normalized spacial score (nSPS) is 22.1. The summed E-state index contributed by atoms with van der Waals surface area (Å²) in [5.41, 5.74) is 3.38. The van der Waals surface area contributed by atoms with E-state index < -0.39 is 0 Å². The summed E-state index contributed by atoms with van der Waals surface area (Å²) in [6.45, 7) is 3.94. The standard InChI is InChI=1S/C24H34N8O3S/c1-32-8-2-5-25-12-16-13-28-22-21(16)23(30-15-29-22)31-17-3-4-18(19(11-17)35-14-20(32)33)34-9-6-26-24-27-7-10-36-24/h3-4,7,10-11,13,23-31H,2,5-6,8-9,12,14-15H2,1H3. The molecular formula is C24H34N8O3S. The molecule has 3 aliphatic heterocycles. The van der Waals surface area contributed by atoms with E-state index in [1.54, 1.807) is 16.7 Å². The number of nitrogens with zero attached hydrogens (tertiary/aromatic N) is 1. The maximum absolute atomic E-state index is 12.7. The minimum atomic E-state index is -0.0844. The van der Waals surface area contributed by atoms with E-state index in [4.69, 9.17) is 9.47 Å².